The van der Waals surface area contributed by atoms with Gasteiger partial charge in [-0.2, -0.15) is 4.31 Å². The van der Waals surface area contributed by atoms with E-state index in [9.17, 15) is 18.3 Å². The first-order valence-corrected chi connectivity index (χ1v) is 8.35. The molecule has 0 spiro atoms. The fourth-order valence-corrected chi connectivity index (χ4v) is 4.19. The van der Waals surface area contributed by atoms with E-state index in [1.54, 1.807) is 19.1 Å². The number of nitrogens with zero attached hydrogens (tertiary/aromatic N) is 2. The number of hydrogen-bond acceptors (Lipinski definition) is 4. The Morgan fingerprint density at radius 1 is 1.36 bits per heavy atom. The first-order valence-electron chi connectivity index (χ1n) is 6.91. The highest BCUT2D eigenvalue weighted by atomic mass is 32.2. The van der Waals surface area contributed by atoms with Gasteiger partial charge in [-0.1, -0.05) is 18.2 Å². The molecule has 1 unspecified atom stereocenters. The van der Waals surface area contributed by atoms with E-state index in [2.05, 4.69) is 4.98 Å². The summed E-state index contributed by atoms with van der Waals surface area (Å²) in [4.78, 5) is 15.5. The molecule has 22 heavy (non-hydrogen) atoms. The van der Waals surface area contributed by atoms with Crippen LogP contribution in [0.5, 0.6) is 0 Å². The summed E-state index contributed by atoms with van der Waals surface area (Å²) in [6, 6.07) is 8.84. The number of fused-ring (bicyclic) bond motifs is 1. The first-order chi connectivity index (χ1) is 10.3. The molecular weight excluding hydrogens is 304 g/mol. The van der Waals surface area contributed by atoms with E-state index in [1.165, 1.54) is 10.5 Å². The molecule has 1 aliphatic heterocycles. The number of para-hydroxylation sites is 1. The van der Waals surface area contributed by atoms with Gasteiger partial charge in [0.2, 0.25) is 10.0 Å². The monoisotopic (exact) mass is 320 g/mol. The summed E-state index contributed by atoms with van der Waals surface area (Å²) in [5.41, 5.74) is -0.310. The second-order valence-electron chi connectivity index (χ2n) is 5.82. The molecule has 0 amide bonds. The molecule has 1 aromatic carbocycles. The van der Waals surface area contributed by atoms with Gasteiger partial charge in [-0.3, -0.25) is 9.78 Å². The lowest BCUT2D eigenvalue weighted by Gasteiger charge is -2.20. The zero-order chi connectivity index (χ0) is 16.0. The van der Waals surface area contributed by atoms with Gasteiger partial charge in [0.05, 0.1) is 10.9 Å². The molecule has 2 aromatic rings. The minimum absolute atomic E-state index is 0.0164. The van der Waals surface area contributed by atoms with Crippen LogP contribution in [0.3, 0.4) is 0 Å². The summed E-state index contributed by atoms with van der Waals surface area (Å²) < 4.78 is 26.6. The number of pyridine rings is 1. The van der Waals surface area contributed by atoms with Crippen LogP contribution in [-0.2, 0) is 14.8 Å². The minimum atomic E-state index is -3.73. The number of carbonyl (C=O) groups is 1. The van der Waals surface area contributed by atoms with Gasteiger partial charge in [0.15, 0.2) is 0 Å². The SMILES string of the molecule is CC1(C(=O)O)CCN(S(=O)(=O)c2cnc3ccccc3c2)C1. The van der Waals surface area contributed by atoms with Crippen LogP contribution in [0.2, 0.25) is 0 Å². The Morgan fingerprint density at radius 2 is 2.09 bits per heavy atom. The van der Waals surface area contributed by atoms with Gasteiger partial charge in [0, 0.05) is 24.7 Å². The molecule has 0 radical (unpaired) electrons. The van der Waals surface area contributed by atoms with Crippen molar-refractivity contribution in [2.45, 2.75) is 18.2 Å². The zero-order valence-corrected chi connectivity index (χ0v) is 12.9. The third-order valence-electron chi connectivity index (χ3n) is 4.16. The van der Waals surface area contributed by atoms with E-state index >= 15 is 0 Å². The van der Waals surface area contributed by atoms with E-state index < -0.39 is 21.4 Å². The van der Waals surface area contributed by atoms with E-state index in [4.69, 9.17) is 0 Å². The Bertz CT molecular complexity index is 849. The molecule has 0 saturated carbocycles. The van der Waals surface area contributed by atoms with E-state index in [0.717, 1.165) is 10.9 Å². The summed E-state index contributed by atoms with van der Waals surface area (Å²) in [6.45, 7) is 1.76. The van der Waals surface area contributed by atoms with Crippen molar-refractivity contribution in [3.05, 3.63) is 36.5 Å². The van der Waals surface area contributed by atoms with E-state index in [0.29, 0.717) is 6.42 Å². The smallest absolute Gasteiger partial charge is 0.310 e. The third-order valence-corrected chi connectivity index (χ3v) is 5.97. The van der Waals surface area contributed by atoms with Crippen molar-refractivity contribution in [3.8, 4) is 0 Å². The third kappa shape index (κ3) is 2.36. The van der Waals surface area contributed by atoms with Gasteiger partial charge in [-0.15, -0.1) is 0 Å². The van der Waals surface area contributed by atoms with Crippen molar-refractivity contribution in [2.24, 2.45) is 5.41 Å². The second-order valence-corrected chi connectivity index (χ2v) is 7.76. The van der Waals surface area contributed by atoms with Crippen LogP contribution in [-0.4, -0.2) is 41.9 Å². The Kier molecular flexibility index (Phi) is 3.41. The lowest BCUT2D eigenvalue weighted by atomic mass is 9.90. The van der Waals surface area contributed by atoms with Crippen LogP contribution in [0, 0.1) is 5.41 Å². The van der Waals surface area contributed by atoms with Crippen LogP contribution in [0.15, 0.2) is 41.4 Å². The Hall–Kier alpha value is -1.99. The molecule has 0 aliphatic carbocycles. The molecule has 0 bridgehead atoms. The quantitative estimate of drug-likeness (QED) is 0.930. The normalized spacial score (nSPS) is 23.0. The number of carboxylic acids is 1. The molecule has 6 nitrogen and oxygen atoms in total. The fraction of sp³-hybridized carbons (Fsp3) is 0.333. The maximum Gasteiger partial charge on any atom is 0.310 e. The molecule has 1 fully saturated rings. The van der Waals surface area contributed by atoms with Gasteiger partial charge < -0.3 is 5.11 Å². The molecule has 1 atom stereocenters. The van der Waals surface area contributed by atoms with Crippen LogP contribution in [0.1, 0.15) is 13.3 Å². The molecule has 116 valence electrons. The summed E-state index contributed by atoms with van der Waals surface area (Å²) in [5, 5.41) is 9.97. The van der Waals surface area contributed by atoms with E-state index in [-0.39, 0.29) is 18.0 Å². The highest BCUT2D eigenvalue weighted by Gasteiger charge is 2.44. The summed E-state index contributed by atoms with van der Waals surface area (Å²) in [7, 11) is -3.73. The van der Waals surface area contributed by atoms with Crippen molar-refractivity contribution < 1.29 is 18.3 Å². The van der Waals surface area contributed by atoms with Gasteiger partial charge in [0.25, 0.3) is 0 Å². The van der Waals surface area contributed by atoms with Gasteiger partial charge in [-0.25, -0.2) is 8.42 Å². The molecular formula is C15H16N2O4S. The summed E-state index contributed by atoms with van der Waals surface area (Å²) in [5.74, 6) is -0.971. The van der Waals surface area contributed by atoms with Crippen LogP contribution >= 0.6 is 0 Å². The first kappa shape index (κ1) is 14.9. The summed E-state index contributed by atoms with van der Waals surface area (Å²) >= 11 is 0. The average molecular weight is 320 g/mol. The molecule has 2 heterocycles. The Morgan fingerprint density at radius 3 is 2.77 bits per heavy atom. The minimum Gasteiger partial charge on any atom is -0.481 e. The fourth-order valence-electron chi connectivity index (χ4n) is 2.64. The van der Waals surface area contributed by atoms with Crippen LogP contribution < -0.4 is 0 Å². The Balaban J connectivity index is 1.97. The number of benzene rings is 1. The maximum atomic E-state index is 12.7. The maximum absolute atomic E-state index is 12.7. The summed E-state index contributed by atoms with van der Waals surface area (Å²) in [6.07, 6.45) is 1.64. The highest BCUT2D eigenvalue weighted by Crippen LogP contribution is 2.34. The van der Waals surface area contributed by atoms with Crippen molar-refractivity contribution >= 4 is 26.9 Å². The van der Waals surface area contributed by atoms with Crippen molar-refractivity contribution in [1.29, 1.82) is 0 Å². The number of sulfonamides is 1. The van der Waals surface area contributed by atoms with Gasteiger partial charge in [0.1, 0.15) is 4.90 Å². The predicted octanol–water partition coefficient (Wildman–Crippen LogP) is 1.72. The largest absolute Gasteiger partial charge is 0.481 e. The molecule has 1 N–H and O–H groups in total. The number of aliphatic carboxylic acids is 1. The number of rotatable bonds is 3. The molecule has 1 saturated heterocycles. The zero-order valence-electron chi connectivity index (χ0n) is 12.1. The van der Waals surface area contributed by atoms with Crippen LogP contribution in [0.25, 0.3) is 10.9 Å². The van der Waals surface area contributed by atoms with E-state index in [1.807, 2.05) is 18.2 Å². The average Bonchev–Trinajstić information content (AvgIpc) is 2.91. The highest BCUT2D eigenvalue weighted by molar-refractivity contribution is 7.89. The number of carboxylic acid groups (broad SMARTS) is 1. The topological polar surface area (TPSA) is 87.6 Å². The van der Waals surface area contributed by atoms with Crippen molar-refractivity contribution in [1.82, 2.24) is 9.29 Å². The molecule has 1 aromatic heterocycles. The standard InChI is InChI=1S/C15H16N2O4S/c1-15(14(18)19)6-7-17(10-15)22(20,21)12-8-11-4-2-3-5-13(11)16-9-12/h2-5,8-9H,6-7,10H2,1H3,(H,18,19). The van der Waals surface area contributed by atoms with Gasteiger partial charge >= 0.3 is 5.97 Å². The lowest BCUT2D eigenvalue weighted by molar-refractivity contribution is -0.146. The van der Waals surface area contributed by atoms with Crippen LogP contribution in [0.4, 0.5) is 0 Å². The Labute approximate surface area is 128 Å². The lowest BCUT2D eigenvalue weighted by Crippen LogP contribution is -2.34. The second kappa shape index (κ2) is 5.03. The number of aromatic nitrogens is 1. The number of hydrogen-bond donors (Lipinski definition) is 1. The predicted molar refractivity (Wildman–Crippen MR) is 80.9 cm³/mol. The van der Waals surface area contributed by atoms with Crippen molar-refractivity contribution in [2.75, 3.05) is 13.1 Å². The molecule has 3 rings (SSSR count). The van der Waals surface area contributed by atoms with Gasteiger partial charge in [-0.05, 0) is 25.5 Å². The molecule has 1 aliphatic rings. The molecule has 7 heteroatoms. The van der Waals surface area contributed by atoms with Crippen molar-refractivity contribution in [3.63, 3.8) is 0 Å².